The average molecular weight is 279 g/mol. The molecule has 2 aromatic carbocycles. The second-order valence-electron chi connectivity index (χ2n) is 5.04. The molecule has 1 nitrogen and oxygen atoms in total. The molecule has 0 bridgehead atoms. The van der Waals surface area contributed by atoms with E-state index in [-0.39, 0.29) is 5.56 Å². The van der Waals surface area contributed by atoms with Gasteiger partial charge in [0.2, 0.25) is 0 Å². The zero-order valence-corrected chi connectivity index (χ0v) is 11.4. The van der Waals surface area contributed by atoms with Gasteiger partial charge in [0.1, 0.15) is 0 Å². The minimum Gasteiger partial charge on any atom is -0.324 e. The molecule has 0 fully saturated rings. The van der Waals surface area contributed by atoms with Crippen molar-refractivity contribution in [3.8, 4) is 0 Å². The summed E-state index contributed by atoms with van der Waals surface area (Å²) in [6.45, 7) is 3.92. The summed E-state index contributed by atoms with van der Waals surface area (Å²) in [5.74, 6) is -3.89. The lowest BCUT2D eigenvalue weighted by molar-refractivity contribution is 0.443. The van der Waals surface area contributed by atoms with Crippen molar-refractivity contribution < 1.29 is 13.2 Å². The van der Waals surface area contributed by atoms with Crippen LogP contribution < -0.4 is 5.73 Å². The molecule has 0 aliphatic heterocycles. The number of rotatable bonds is 3. The Bertz CT molecular complexity index is 615. The molecule has 0 aliphatic rings. The van der Waals surface area contributed by atoms with Gasteiger partial charge in [0, 0.05) is 6.04 Å². The van der Waals surface area contributed by atoms with E-state index in [1.807, 2.05) is 32.0 Å². The number of hydrogen-bond donors (Lipinski definition) is 1. The summed E-state index contributed by atoms with van der Waals surface area (Å²) in [4.78, 5) is 0. The molecule has 1 unspecified atom stereocenters. The topological polar surface area (TPSA) is 26.0 Å². The van der Waals surface area contributed by atoms with E-state index in [9.17, 15) is 13.2 Å². The van der Waals surface area contributed by atoms with Gasteiger partial charge in [-0.1, -0.05) is 23.8 Å². The first-order valence-corrected chi connectivity index (χ1v) is 6.34. The molecule has 2 rings (SSSR count). The van der Waals surface area contributed by atoms with Gasteiger partial charge in [-0.3, -0.25) is 0 Å². The van der Waals surface area contributed by atoms with Gasteiger partial charge < -0.3 is 5.73 Å². The molecule has 20 heavy (non-hydrogen) atoms. The Morgan fingerprint density at radius 2 is 1.60 bits per heavy atom. The standard InChI is InChI=1S/C16H16F3N/c1-9-3-4-10(2)11(5-9)8-15(20)12-6-13(17)16(19)14(18)7-12/h3-7,15H,8,20H2,1-2H3. The third-order valence-corrected chi connectivity index (χ3v) is 3.38. The molecule has 0 amide bonds. The summed E-state index contributed by atoms with van der Waals surface area (Å²) < 4.78 is 39.4. The zero-order chi connectivity index (χ0) is 14.9. The molecule has 0 radical (unpaired) electrons. The Morgan fingerprint density at radius 3 is 2.20 bits per heavy atom. The SMILES string of the molecule is Cc1ccc(C)c(CC(N)c2cc(F)c(F)c(F)c2)c1. The van der Waals surface area contributed by atoms with Gasteiger partial charge in [0.05, 0.1) is 0 Å². The molecule has 0 aliphatic carbocycles. The normalized spacial score (nSPS) is 12.5. The molecule has 0 saturated heterocycles. The lowest BCUT2D eigenvalue weighted by atomic mass is 9.95. The van der Waals surface area contributed by atoms with Gasteiger partial charge in [0.25, 0.3) is 0 Å². The number of aryl methyl sites for hydroxylation is 2. The highest BCUT2D eigenvalue weighted by molar-refractivity contribution is 5.33. The summed E-state index contributed by atoms with van der Waals surface area (Å²) in [6, 6.07) is 7.28. The maximum absolute atomic E-state index is 13.2. The van der Waals surface area contributed by atoms with Crippen LogP contribution in [0.1, 0.15) is 28.3 Å². The van der Waals surface area contributed by atoms with Gasteiger partial charge in [-0.05, 0) is 49.1 Å². The van der Waals surface area contributed by atoms with Gasteiger partial charge in [-0.25, -0.2) is 13.2 Å². The number of hydrogen-bond acceptors (Lipinski definition) is 1. The van der Waals surface area contributed by atoms with Gasteiger partial charge in [-0.15, -0.1) is 0 Å². The Balaban J connectivity index is 2.28. The molecule has 4 heteroatoms. The third kappa shape index (κ3) is 3.02. The summed E-state index contributed by atoms with van der Waals surface area (Å²) in [5.41, 5.74) is 9.40. The first-order valence-electron chi connectivity index (χ1n) is 6.34. The maximum atomic E-state index is 13.2. The zero-order valence-electron chi connectivity index (χ0n) is 11.4. The van der Waals surface area contributed by atoms with Gasteiger partial charge in [-0.2, -0.15) is 0 Å². The van der Waals surface area contributed by atoms with Gasteiger partial charge in [0.15, 0.2) is 17.5 Å². The average Bonchev–Trinajstić information content (AvgIpc) is 2.39. The lowest BCUT2D eigenvalue weighted by Crippen LogP contribution is -2.15. The monoisotopic (exact) mass is 279 g/mol. The summed E-state index contributed by atoms with van der Waals surface area (Å²) in [6.07, 6.45) is 0.442. The van der Waals surface area contributed by atoms with Crippen LogP contribution in [0, 0.1) is 31.3 Å². The van der Waals surface area contributed by atoms with Crippen LogP contribution in [0.2, 0.25) is 0 Å². The molecular formula is C16H16F3N. The molecule has 2 N–H and O–H groups in total. The van der Waals surface area contributed by atoms with E-state index in [1.165, 1.54) is 0 Å². The van der Waals surface area contributed by atoms with Crippen LogP contribution in [0.4, 0.5) is 13.2 Å². The Kier molecular flexibility index (Phi) is 4.14. The molecule has 0 aromatic heterocycles. The van der Waals surface area contributed by atoms with Crippen molar-refractivity contribution in [2.24, 2.45) is 5.73 Å². The van der Waals surface area contributed by atoms with E-state index in [4.69, 9.17) is 5.73 Å². The fourth-order valence-corrected chi connectivity index (χ4v) is 2.16. The minimum atomic E-state index is -1.47. The third-order valence-electron chi connectivity index (χ3n) is 3.38. The van der Waals surface area contributed by atoms with Gasteiger partial charge >= 0.3 is 0 Å². The molecule has 0 saturated carbocycles. The van der Waals surface area contributed by atoms with Crippen molar-refractivity contribution in [3.63, 3.8) is 0 Å². The fourth-order valence-electron chi connectivity index (χ4n) is 2.16. The van der Waals surface area contributed by atoms with Crippen molar-refractivity contribution in [1.29, 1.82) is 0 Å². The molecule has 0 spiro atoms. The molecule has 1 atom stereocenters. The Hall–Kier alpha value is -1.81. The second kappa shape index (κ2) is 5.67. The molecule has 0 heterocycles. The quantitative estimate of drug-likeness (QED) is 0.845. The molecular weight excluding hydrogens is 263 g/mol. The fraction of sp³-hybridized carbons (Fsp3) is 0.250. The molecule has 106 valence electrons. The summed E-state index contributed by atoms with van der Waals surface area (Å²) in [5, 5.41) is 0. The minimum absolute atomic E-state index is 0.252. The lowest BCUT2D eigenvalue weighted by Gasteiger charge is -2.15. The van der Waals surface area contributed by atoms with E-state index >= 15 is 0 Å². The van der Waals surface area contributed by atoms with Crippen molar-refractivity contribution in [2.45, 2.75) is 26.3 Å². The van der Waals surface area contributed by atoms with Crippen LogP contribution in [0.25, 0.3) is 0 Å². The number of benzene rings is 2. The molecule has 2 aromatic rings. The van der Waals surface area contributed by atoms with Crippen LogP contribution in [-0.4, -0.2) is 0 Å². The van der Waals surface area contributed by atoms with Crippen molar-refractivity contribution in [3.05, 3.63) is 70.0 Å². The van der Waals surface area contributed by atoms with E-state index < -0.39 is 23.5 Å². The van der Waals surface area contributed by atoms with Crippen molar-refractivity contribution in [1.82, 2.24) is 0 Å². The largest absolute Gasteiger partial charge is 0.324 e. The van der Waals surface area contributed by atoms with E-state index in [2.05, 4.69) is 0 Å². The van der Waals surface area contributed by atoms with E-state index in [0.29, 0.717) is 6.42 Å². The highest BCUT2D eigenvalue weighted by Gasteiger charge is 2.15. The second-order valence-corrected chi connectivity index (χ2v) is 5.04. The van der Waals surface area contributed by atoms with E-state index in [1.54, 1.807) is 0 Å². The van der Waals surface area contributed by atoms with Crippen LogP contribution in [0.5, 0.6) is 0 Å². The first kappa shape index (κ1) is 14.6. The predicted octanol–water partition coefficient (Wildman–Crippen LogP) is 3.96. The predicted molar refractivity (Wildman–Crippen MR) is 72.9 cm³/mol. The van der Waals surface area contributed by atoms with Crippen molar-refractivity contribution >= 4 is 0 Å². The van der Waals surface area contributed by atoms with Crippen LogP contribution >= 0.6 is 0 Å². The van der Waals surface area contributed by atoms with Crippen LogP contribution in [0.3, 0.4) is 0 Å². The Labute approximate surface area is 116 Å². The summed E-state index contributed by atoms with van der Waals surface area (Å²) in [7, 11) is 0. The van der Waals surface area contributed by atoms with E-state index in [0.717, 1.165) is 28.8 Å². The number of halogens is 3. The summed E-state index contributed by atoms with van der Waals surface area (Å²) >= 11 is 0. The van der Waals surface area contributed by atoms with Crippen LogP contribution in [-0.2, 0) is 6.42 Å². The smallest absolute Gasteiger partial charge is 0.194 e. The van der Waals surface area contributed by atoms with Crippen LogP contribution in [0.15, 0.2) is 30.3 Å². The first-order chi connectivity index (χ1) is 9.38. The number of nitrogens with two attached hydrogens (primary N) is 1. The van der Waals surface area contributed by atoms with Crippen molar-refractivity contribution in [2.75, 3.05) is 0 Å². The highest BCUT2D eigenvalue weighted by atomic mass is 19.2. The maximum Gasteiger partial charge on any atom is 0.194 e. The highest BCUT2D eigenvalue weighted by Crippen LogP contribution is 2.22. The Morgan fingerprint density at radius 1 is 1.00 bits per heavy atom.